The van der Waals surface area contributed by atoms with Crippen LogP contribution >= 0.6 is 0 Å². The third-order valence-electron chi connectivity index (χ3n) is 3.57. The fourth-order valence-corrected chi connectivity index (χ4v) is 2.52. The van der Waals surface area contributed by atoms with Crippen LogP contribution in [0.1, 0.15) is 30.6 Å². The van der Waals surface area contributed by atoms with Crippen molar-refractivity contribution in [3.05, 3.63) is 35.4 Å². The number of hydrogen-bond acceptors (Lipinski definition) is 4. The number of hydrogen-bond donors (Lipinski definition) is 0. The molecule has 0 aromatic heterocycles. The predicted octanol–water partition coefficient (Wildman–Crippen LogP) is 2.19. The van der Waals surface area contributed by atoms with Gasteiger partial charge in [0.2, 0.25) is 0 Å². The number of likely N-dealkylation sites (N-methyl/N-ethyl adjacent to an activating group) is 1. The van der Waals surface area contributed by atoms with E-state index in [1.54, 1.807) is 0 Å². The lowest BCUT2D eigenvalue weighted by molar-refractivity contribution is -0.143. The van der Waals surface area contributed by atoms with Crippen LogP contribution in [0.5, 0.6) is 0 Å². The van der Waals surface area contributed by atoms with Crippen LogP contribution in [0.2, 0.25) is 0 Å². The zero-order chi connectivity index (χ0) is 14.4. The molecule has 4 heteroatoms. The molecular weight excluding hydrogens is 254 g/mol. The van der Waals surface area contributed by atoms with Gasteiger partial charge in [-0.2, -0.15) is 0 Å². The summed E-state index contributed by atoms with van der Waals surface area (Å²) >= 11 is 0. The molecule has 110 valence electrons. The summed E-state index contributed by atoms with van der Waals surface area (Å²) in [6, 6.07) is 8.44. The third-order valence-corrected chi connectivity index (χ3v) is 3.57. The SMILES string of the molecule is CCOC(=O)CCN(C)CC1OCCc2ccccc21. The molecule has 1 aromatic rings. The number of benzene rings is 1. The molecule has 1 heterocycles. The number of nitrogens with zero attached hydrogens (tertiary/aromatic N) is 1. The van der Waals surface area contributed by atoms with E-state index in [0.717, 1.165) is 19.6 Å². The van der Waals surface area contributed by atoms with Crippen LogP contribution in [0.15, 0.2) is 24.3 Å². The summed E-state index contributed by atoms with van der Waals surface area (Å²) in [5.41, 5.74) is 2.66. The maximum absolute atomic E-state index is 11.4. The lowest BCUT2D eigenvalue weighted by Crippen LogP contribution is -2.31. The van der Waals surface area contributed by atoms with E-state index in [-0.39, 0.29) is 12.1 Å². The van der Waals surface area contributed by atoms with Crippen molar-refractivity contribution in [3.63, 3.8) is 0 Å². The monoisotopic (exact) mass is 277 g/mol. The highest BCUT2D eigenvalue weighted by atomic mass is 16.5. The Hall–Kier alpha value is -1.39. The van der Waals surface area contributed by atoms with E-state index >= 15 is 0 Å². The van der Waals surface area contributed by atoms with Crippen molar-refractivity contribution in [2.75, 3.05) is 33.4 Å². The van der Waals surface area contributed by atoms with E-state index in [0.29, 0.717) is 19.6 Å². The highest BCUT2D eigenvalue weighted by Gasteiger charge is 2.21. The smallest absolute Gasteiger partial charge is 0.307 e. The molecule has 4 nitrogen and oxygen atoms in total. The number of ether oxygens (including phenoxy) is 2. The Morgan fingerprint density at radius 3 is 3.05 bits per heavy atom. The molecule has 0 spiro atoms. The Morgan fingerprint density at radius 1 is 1.45 bits per heavy atom. The average Bonchev–Trinajstić information content (AvgIpc) is 2.46. The number of carbonyl (C=O) groups excluding carboxylic acids is 1. The number of rotatable bonds is 6. The maximum atomic E-state index is 11.4. The molecule has 0 saturated carbocycles. The molecule has 0 saturated heterocycles. The summed E-state index contributed by atoms with van der Waals surface area (Å²) in [6.45, 7) is 4.54. The van der Waals surface area contributed by atoms with Crippen LogP contribution in [-0.4, -0.2) is 44.2 Å². The minimum Gasteiger partial charge on any atom is -0.466 e. The highest BCUT2D eigenvalue weighted by molar-refractivity contribution is 5.69. The van der Waals surface area contributed by atoms with Crippen molar-refractivity contribution < 1.29 is 14.3 Å². The quantitative estimate of drug-likeness (QED) is 0.747. The first kappa shape index (κ1) is 15.0. The Morgan fingerprint density at radius 2 is 2.25 bits per heavy atom. The van der Waals surface area contributed by atoms with E-state index in [1.807, 2.05) is 14.0 Å². The second-order valence-electron chi connectivity index (χ2n) is 5.13. The topological polar surface area (TPSA) is 38.8 Å². The van der Waals surface area contributed by atoms with Gasteiger partial charge < -0.3 is 14.4 Å². The van der Waals surface area contributed by atoms with Gasteiger partial charge in [-0.05, 0) is 31.5 Å². The standard InChI is InChI=1S/C16H23NO3/c1-3-19-16(18)8-10-17(2)12-15-14-7-5-4-6-13(14)9-11-20-15/h4-7,15H,3,8-12H2,1-2H3. The van der Waals surface area contributed by atoms with Crippen LogP contribution in [0.25, 0.3) is 0 Å². The summed E-state index contributed by atoms with van der Waals surface area (Å²) in [7, 11) is 2.01. The van der Waals surface area contributed by atoms with Crippen LogP contribution < -0.4 is 0 Å². The van der Waals surface area contributed by atoms with Gasteiger partial charge in [0, 0.05) is 13.1 Å². The molecule has 1 aromatic carbocycles. The van der Waals surface area contributed by atoms with Gasteiger partial charge >= 0.3 is 5.97 Å². The minimum atomic E-state index is -0.135. The Labute approximate surface area is 120 Å². The normalized spacial score (nSPS) is 17.9. The molecule has 0 fully saturated rings. The zero-order valence-corrected chi connectivity index (χ0v) is 12.3. The van der Waals surface area contributed by atoms with Crippen LogP contribution in [0.3, 0.4) is 0 Å². The molecule has 2 rings (SSSR count). The first-order valence-electron chi connectivity index (χ1n) is 7.24. The van der Waals surface area contributed by atoms with E-state index in [2.05, 4.69) is 29.2 Å². The van der Waals surface area contributed by atoms with Gasteiger partial charge in [0.1, 0.15) is 0 Å². The first-order valence-corrected chi connectivity index (χ1v) is 7.24. The van der Waals surface area contributed by atoms with Gasteiger partial charge in [-0.15, -0.1) is 0 Å². The molecule has 1 aliphatic heterocycles. The molecule has 20 heavy (non-hydrogen) atoms. The van der Waals surface area contributed by atoms with E-state index in [9.17, 15) is 4.79 Å². The van der Waals surface area contributed by atoms with Crippen molar-refractivity contribution in [2.45, 2.75) is 25.9 Å². The maximum Gasteiger partial charge on any atom is 0.307 e. The van der Waals surface area contributed by atoms with Crippen LogP contribution in [0.4, 0.5) is 0 Å². The fourth-order valence-electron chi connectivity index (χ4n) is 2.52. The van der Waals surface area contributed by atoms with Gasteiger partial charge in [0.05, 0.1) is 25.7 Å². The van der Waals surface area contributed by atoms with Crippen molar-refractivity contribution in [1.82, 2.24) is 4.90 Å². The Balaban J connectivity index is 1.86. The Bertz CT molecular complexity index is 447. The summed E-state index contributed by atoms with van der Waals surface area (Å²) in [5.74, 6) is -0.135. The van der Waals surface area contributed by atoms with Crippen molar-refractivity contribution >= 4 is 5.97 Å². The molecule has 1 atom stereocenters. The minimum absolute atomic E-state index is 0.104. The molecule has 0 N–H and O–H groups in total. The van der Waals surface area contributed by atoms with Crippen LogP contribution in [-0.2, 0) is 20.7 Å². The third kappa shape index (κ3) is 4.05. The van der Waals surface area contributed by atoms with E-state index in [1.165, 1.54) is 11.1 Å². The van der Waals surface area contributed by atoms with Gasteiger partial charge in [-0.3, -0.25) is 4.79 Å². The Kier molecular flexibility index (Phi) is 5.56. The largest absolute Gasteiger partial charge is 0.466 e. The molecule has 0 aliphatic carbocycles. The molecular formula is C16H23NO3. The molecule has 1 unspecified atom stereocenters. The van der Waals surface area contributed by atoms with Gasteiger partial charge in [-0.25, -0.2) is 0 Å². The summed E-state index contributed by atoms with van der Waals surface area (Å²) < 4.78 is 10.8. The molecule has 0 amide bonds. The number of esters is 1. The number of carbonyl (C=O) groups is 1. The van der Waals surface area contributed by atoms with Gasteiger partial charge in [-0.1, -0.05) is 24.3 Å². The lowest BCUT2D eigenvalue weighted by Gasteiger charge is -2.29. The predicted molar refractivity (Wildman–Crippen MR) is 77.6 cm³/mol. The summed E-state index contributed by atoms with van der Waals surface area (Å²) in [4.78, 5) is 13.5. The molecule has 0 bridgehead atoms. The van der Waals surface area contributed by atoms with Gasteiger partial charge in [0.15, 0.2) is 0 Å². The first-order chi connectivity index (χ1) is 9.70. The van der Waals surface area contributed by atoms with E-state index in [4.69, 9.17) is 9.47 Å². The van der Waals surface area contributed by atoms with Crippen molar-refractivity contribution in [2.24, 2.45) is 0 Å². The lowest BCUT2D eigenvalue weighted by atomic mass is 9.97. The molecule has 1 aliphatic rings. The van der Waals surface area contributed by atoms with Crippen molar-refractivity contribution in [1.29, 1.82) is 0 Å². The fraction of sp³-hybridized carbons (Fsp3) is 0.562. The average molecular weight is 277 g/mol. The second kappa shape index (κ2) is 7.41. The van der Waals surface area contributed by atoms with Crippen molar-refractivity contribution in [3.8, 4) is 0 Å². The number of fused-ring (bicyclic) bond motifs is 1. The summed E-state index contributed by atoms with van der Waals surface area (Å²) in [6.07, 6.45) is 1.52. The highest BCUT2D eigenvalue weighted by Crippen LogP contribution is 2.27. The summed E-state index contributed by atoms with van der Waals surface area (Å²) in [5, 5.41) is 0. The van der Waals surface area contributed by atoms with E-state index < -0.39 is 0 Å². The zero-order valence-electron chi connectivity index (χ0n) is 12.3. The second-order valence-corrected chi connectivity index (χ2v) is 5.13. The van der Waals surface area contributed by atoms with Gasteiger partial charge in [0.25, 0.3) is 0 Å². The molecule has 0 radical (unpaired) electrons. The van der Waals surface area contributed by atoms with Crippen LogP contribution in [0, 0.1) is 0 Å².